The van der Waals surface area contributed by atoms with E-state index in [-0.39, 0.29) is 0 Å². The minimum Gasteiger partial charge on any atom is -0.310 e. The van der Waals surface area contributed by atoms with Crippen molar-refractivity contribution in [1.82, 2.24) is 5.32 Å². The van der Waals surface area contributed by atoms with Crippen molar-refractivity contribution in [1.29, 1.82) is 0 Å². The summed E-state index contributed by atoms with van der Waals surface area (Å²) in [5.74, 6) is 6.15. The topological polar surface area (TPSA) is 12.0 Å². The maximum absolute atomic E-state index is 3.64. The molecule has 0 aliphatic heterocycles. The minimum absolute atomic E-state index is 0.436. The van der Waals surface area contributed by atoms with Gasteiger partial charge in [0.25, 0.3) is 0 Å². The summed E-state index contributed by atoms with van der Waals surface area (Å²) in [5.41, 5.74) is 4.22. The Labute approximate surface area is 112 Å². The highest BCUT2D eigenvalue weighted by Gasteiger charge is 2.12. The lowest BCUT2D eigenvalue weighted by atomic mass is 9.94. The maximum Gasteiger partial charge on any atom is 0.0332 e. The Morgan fingerprint density at radius 1 is 1.28 bits per heavy atom. The minimum atomic E-state index is 0.436. The lowest BCUT2D eigenvalue weighted by Crippen LogP contribution is -2.23. The van der Waals surface area contributed by atoms with Gasteiger partial charge in [0.2, 0.25) is 0 Å². The van der Waals surface area contributed by atoms with Gasteiger partial charge in [-0.1, -0.05) is 25.1 Å². The number of hydrogen-bond donors (Lipinski definition) is 1. The third-order valence-corrected chi connectivity index (χ3v) is 3.40. The van der Waals surface area contributed by atoms with Gasteiger partial charge >= 0.3 is 0 Å². The van der Waals surface area contributed by atoms with Crippen LogP contribution in [-0.4, -0.2) is 6.54 Å². The second-order valence-corrected chi connectivity index (χ2v) is 4.76. The van der Waals surface area contributed by atoms with Gasteiger partial charge in [0, 0.05) is 12.5 Å². The van der Waals surface area contributed by atoms with E-state index in [4.69, 9.17) is 0 Å². The largest absolute Gasteiger partial charge is 0.310 e. The van der Waals surface area contributed by atoms with Gasteiger partial charge in [-0.3, -0.25) is 0 Å². The van der Waals surface area contributed by atoms with Crippen LogP contribution in [0.25, 0.3) is 0 Å². The molecule has 1 aromatic carbocycles. The summed E-state index contributed by atoms with van der Waals surface area (Å²) < 4.78 is 0. The quantitative estimate of drug-likeness (QED) is 0.740. The molecule has 0 saturated carbocycles. The van der Waals surface area contributed by atoms with E-state index in [0.29, 0.717) is 6.04 Å². The molecule has 1 unspecified atom stereocenters. The molecule has 98 valence electrons. The monoisotopic (exact) mass is 243 g/mol. The van der Waals surface area contributed by atoms with Gasteiger partial charge in [-0.25, -0.2) is 0 Å². The van der Waals surface area contributed by atoms with Crippen molar-refractivity contribution in [3.63, 3.8) is 0 Å². The van der Waals surface area contributed by atoms with Crippen molar-refractivity contribution < 1.29 is 0 Å². The van der Waals surface area contributed by atoms with Crippen LogP contribution in [0, 0.1) is 25.7 Å². The van der Waals surface area contributed by atoms with Crippen molar-refractivity contribution in [2.45, 2.75) is 53.0 Å². The number of benzene rings is 1. The Hall–Kier alpha value is -1.26. The summed E-state index contributed by atoms with van der Waals surface area (Å²) in [6.07, 6.45) is 3.22. The molecule has 0 aliphatic rings. The second kappa shape index (κ2) is 7.95. The summed E-state index contributed by atoms with van der Waals surface area (Å²) in [5, 5.41) is 3.64. The molecular formula is C17H25N. The third kappa shape index (κ3) is 4.20. The second-order valence-electron chi connectivity index (χ2n) is 4.76. The molecule has 0 saturated heterocycles. The fourth-order valence-electron chi connectivity index (χ4n) is 2.18. The van der Waals surface area contributed by atoms with E-state index in [1.807, 2.05) is 6.92 Å². The molecule has 1 N–H and O–H groups in total. The van der Waals surface area contributed by atoms with Gasteiger partial charge in [0.05, 0.1) is 0 Å². The number of aryl methyl sites for hydroxylation is 1. The molecule has 0 heterocycles. The average Bonchev–Trinajstić information content (AvgIpc) is 2.37. The summed E-state index contributed by atoms with van der Waals surface area (Å²) in [6, 6.07) is 7.02. The van der Waals surface area contributed by atoms with Crippen LogP contribution in [0.15, 0.2) is 18.2 Å². The van der Waals surface area contributed by atoms with E-state index < -0.39 is 0 Å². The molecule has 1 nitrogen and oxygen atoms in total. The van der Waals surface area contributed by atoms with E-state index >= 15 is 0 Å². The first-order valence-electron chi connectivity index (χ1n) is 6.89. The van der Waals surface area contributed by atoms with Crippen LogP contribution in [0.2, 0.25) is 0 Å². The zero-order valence-corrected chi connectivity index (χ0v) is 12.1. The molecule has 0 spiro atoms. The molecule has 1 heteroatoms. The molecule has 1 atom stereocenters. The Morgan fingerprint density at radius 3 is 2.72 bits per heavy atom. The van der Waals surface area contributed by atoms with Gasteiger partial charge in [0.1, 0.15) is 0 Å². The van der Waals surface area contributed by atoms with E-state index in [1.54, 1.807) is 0 Å². The number of hydrogen-bond acceptors (Lipinski definition) is 1. The van der Waals surface area contributed by atoms with Crippen molar-refractivity contribution in [3.05, 3.63) is 34.9 Å². The van der Waals surface area contributed by atoms with Gasteiger partial charge < -0.3 is 5.32 Å². The maximum atomic E-state index is 3.64. The standard InChI is InChI=1S/C17H25N/c1-5-7-8-12-17(18-13-6-2)16-11-9-10-14(3)15(16)4/h9-11,17-18H,6,8,12-13H2,1-4H3. The Morgan fingerprint density at radius 2 is 2.06 bits per heavy atom. The molecule has 0 fully saturated rings. The highest BCUT2D eigenvalue weighted by Crippen LogP contribution is 2.24. The molecule has 0 radical (unpaired) electrons. The average molecular weight is 243 g/mol. The Bertz CT molecular complexity index is 423. The van der Waals surface area contributed by atoms with Crippen LogP contribution in [0.5, 0.6) is 0 Å². The van der Waals surface area contributed by atoms with Crippen LogP contribution in [0.4, 0.5) is 0 Å². The smallest absolute Gasteiger partial charge is 0.0332 e. The summed E-state index contributed by atoms with van der Waals surface area (Å²) >= 11 is 0. The lowest BCUT2D eigenvalue weighted by molar-refractivity contribution is 0.503. The first-order chi connectivity index (χ1) is 8.70. The molecule has 0 amide bonds. The predicted octanol–water partition coefficient (Wildman–Crippen LogP) is 4.15. The summed E-state index contributed by atoms with van der Waals surface area (Å²) in [7, 11) is 0. The fourth-order valence-corrected chi connectivity index (χ4v) is 2.18. The molecule has 18 heavy (non-hydrogen) atoms. The van der Waals surface area contributed by atoms with Crippen molar-refractivity contribution >= 4 is 0 Å². The zero-order chi connectivity index (χ0) is 13.4. The van der Waals surface area contributed by atoms with E-state index in [2.05, 4.69) is 56.1 Å². The molecule has 0 aromatic heterocycles. The van der Waals surface area contributed by atoms with E-state index in [1.165, 1.54) is 23.1 Å². The van der Waals surface area contributed by atoms with Gasteiger partial charge in [-0.05, 0) is 56.8 Å². The highest BCUT2D eigenvalue weighted by molar-refractivity contribution is 5.35. The molecule has 0 aliphatic carbocycles. The normalized spacial score (nSPS) is 11.8. The highest BCUT2D eigenvalue weighted by atomic mass is 14.9. The third-order valence-electron chi connectivity index (χ3n) is 3.40. The summed E-state index contributed by atoms with van der Waals surface area (Å²) in [6.45, 7) is 9.58. The first kappa shape index (κ1) is 14.8. The molecule has 1 aromatic rings. The van der Waals surface area contributed by atoms with Gasteiger partial charge in [-0.2, -0.15) is 0 Å². The first-order valence-corrected chi connectivity index (χ1v) is 6.89. The number of rotatable bonds is 6. The van der Waals surface area contributed by atoms with Gasteiger partial charge in [0.15, 0.2) is 0 Å². The SMILES string of the molecule is CC#CCCC(NCCC)c1cccc(C)c1C. The van der Waals surface area contributed by atoms with Crippen LogP contribution in [-0.2, 0) is 0 Å². The van der Waals surface area contributed by atoms with E-state index in [9.17, 15) is 0 Å². The number of nitrogens with one attached hydrogen (secondary N) is 1. The van der Waals surface area contributed by atoms with Gasteiger partial charge in [-0.15, -0.1) is 11.8 Å². The Kier molecular flexibility index (Phi) is 6.54. The van der Waals surface area contributed by atoms with Crippen LogP contribution >= 0.6 is 0 Å². The van der Waals surface area contributed by atoms with Crippen molar-refractivity contribution in [3.8, 4) is 11.8 Å². The van der Waals surface area contributed by atoms with Crippen molar-refractivity contribution in [2.24, 2.45) is 0 Å². The van der Waals surface area contributed by atoms with E-state index in [0.717, 1.165) is 19.4 Å². The lowest BCUT2D eigenvalue weighted by Gasteiger charge is -2.21. The molecule has 1 rings (SSSR count). The summed E-state index contributed by atoms with van der Waals surface area (Å²) in [4.78, 5) is 0. The van der Waals surface area contributed by atoms with Crippen LogP contribution in [0.1, 0.15) is 55.8 Å². The zero-order valence-electron chi connectivity index (χ0n) is 12.1. The molecule has 0 bridgehead atoms. The van der Waals surface area contributed by atoms with Crippen LogP contribution in [0.3, 0.4) is 0 Å². The molecular weight excluding hydrogens is 218 g/mol. The predicted molar refractivity (Wildman–Crippen MR) is 79.6 cm³/mol. The fraction of sp³-hybridized carbons (Fsp3) is 0.529. The van der Waals surface area contributed by atoms with Crippen LogP contribution < -0.4 is 5.32 Å². The van der Waals surface area contributed by atoms with Crippen molar-refractivity contribution in [2.75, 3.05) is 6.54 Å². The Balaban J connectivity index is 2.85.